The second-order valence-electron chi connectivity index (χ2n) is 4.74. The van der Waals surface area contributed by atoms with Crippen molar-refractivity contribution in [2.45, 2.75) is 31.4 Å². The van der Waals surface area contributed by atoms with Gasteiger partial charge in [-0.1, -0.05) is 0 Å². The van der Waals surface area contributed by atoms with Gasteiger partial charge in [0, 0.05) is 4.88 Å². The quantitative estimate of drug-likeness (QED) is 0.782. The third kappa shape index (κ3) is 2.91. The zero-order chi connectivity index (χ0) is 16.7. The van der Waals surface area contributed by atoms with Gasteiger partial charge in [0.1, 0.15) is 5.00 Å². The van der Waals surface area contributed by atoms with Crippen molar-refractivity contribution in [3.63, 3.8) is 0 Å². The van der Waals surface area contributed by atoms with Gasteiger partial charge in [-0.3, -0.25) is 14.4 Å². The fourth-order valence-corrected chi connectivity index (χ4v) is 3.71. The van der Waals surface area contributed by atoms with Crippen LogP contribution < -0.4 is 11.1 Å². The van der Waals surface area contributed by atoms with Crippen LogP contribution in [0.25, 0.3) is 0 Å². The Hall–Kier alpha value is -2.10. The molecule has 6 nitrogen and oxygen atoms in total. The lowest BCUT2D eigenvalue weighted by Gasteiger charge is -2.19. The van der Waals surface area contributed by atoms with Crippen molar-refractivity contribution in [3.8, 4) is 0 Å². The van der Waals surface area contributed by atoms with Gasteiger partial charge in [-0.15, -0.1) is 11.3 Å². The number of amides is 2. The number of primary amides is 1. The van der Waals surface area contributed by atoms with Crippen LogP contribution in [-0.4, -0.2) is 29.1 Å². The minimum atomic E-state index is -5.12. The van der Waals surface area contributed by atoms with Gasteiger partial charge in [0.2, 0.25) is 0 Å². The van der Waals surface area contributed by atoms with Crippen molar-refractivity contribution in [3.05, 3.63) is 16.0 Å². The molecule has 1 heterocycles. The number of alkyl halides is 3. The Morgan fingerprint density at radius 1 is 1.32 bits per heavy atom. The van der Waals surface area contributed by atoms with Crippen LogP contribution in [0.15, 0.2) is 0 Å². The summed E-state index contributed by atoms with van der Waals surface area (Å²) in [6, 6.07) is 0. The number of nitrogens with one attached hydrogen (secondary N) is 1. The maximum atomic E-state index is 12.3. The number of hydrogen-bond acceptors (Lipinski definition) is 4. The van der Waals surface area contributed by atoms with Crippen LogP contribution in [0, 0.1) is 0 Å². The third-order valence-electron chi connectivity index (χ3n) is 3.30. The van der Waals surface area contributed by atoms with Gasteiger partial charge in [-0.05, 0) is 24.8 Å². The fourth-order valence-electron chi connectivity index (χ4n) is 2.41. The van der Waals surface area contributed by atoms with E-state index in [0.717, 1.165) is 11.3 Å². The highest BCUT2D eigenvalue weighted by Crippen LogP contribution is 2.43. The number of aliphatic carboxylic acids is 1. The van der Waals surface area contributed by atoms with Crippen molar-refractivity contribution in [1.82, 2.24) is 0 Å². The molecular formula is C12H11F3N2O4S. The number of carbonyl (C=O) groups excluding carboxylic acids is 2. The molecule has 0 saturated carbocycles. The van der Waals surface area contributed by atoms with Crippen molar-refractivity contribution in [2.75, 3.05) is 5.32 Å². The molecule has 1 aromatic rings. The number of fused-ring (bicyclic) bond motifs is 1. The maximum absolute atomic E-state index is 12.3. The van der Waals surface area contributed by atoms with E-state index in [2.05, 4.69) is 0 Å². The minimum absolute atomic E-state index is 0.119. The van der Waals surface area contributed by atoms with Gasteiger partial charge in [0.05, 0.1) is 11.5 Å². The molecule has 2 rings (SSSR count). The lowest BCUT2D eigenvalue weighted by atomic mass is 9.85. The monoisotopic (exact) mass is 336 g/mol. The number of thiophene rings is 1. The Morgan fingerprint density at radius 3 is 2.45 bits per heavy atom. The molecule has 0 aromatic carbocycles. The van der Waals surface area contributed by atoms with E-state index in [-0.39, 0.29) is 22.5 Å². The number of anilines is 1. The predicted octanol–water partition coefficient (Wildman–Crippen LogP) is 1.85. The Kier molecular flexibility index (Phi) is 4.14. The van der Waals surface area contributed by atoms with E-state index in [1.54, 1.807) is 5.32 Å². The highest BCUT2D eigenvalue weighted by molar-refractivity contribution is 7.17. The third-order valence-corrected chi connectivity index (χ3v) is 4.48. The number of hydrogen-bond donors (Lipinski definition) is 3. The summed E-state index contributed by atoms with van der Waals surface area (Å²) >= 11 is 0.760. The predicted molar refractivity (Wildman–Crippen MR) is 70.8 cm³/mol. The van der Waals surface area contributed by atoms with E-state index in [0.29, 0.717) is 17.7 Å². The van der Waals surface area contributed by atoms with E-state index >= 15 is 0 Å². The molecule has 1 aliphatic rings. The molecule has 0 fully saturated rings. The first-order chi connectivity index (χ1) is 10.1. The Morgan fingerprint density at radius 2 is 1.95 bits per heavy atom. The van der Waals surface area contributed by atoms with E-state index in [1.807, 2.05) is 0 Å². The molecule has 2 amide bonds. The van der Waals surface area contributed by atoms with E-state index < -0.39 is 29.9 Å². The van der Waals surface area contributed by atoms with Gasteiger partial charge in [0.15, 0.2) is 0 Å². The van der Waals surface area contributed by atoms with E-state index in [9.17, 15) is 32.7 Å². The number of carbonyl (C=O) groups is 3. The van der Waals surface area contributed by atoms with Gasteiger partial charge in [-0.2, -0.15) is 13.2 Å². The molecule has 0 saturated heterocycles. The summed E-state index contributed by atoms with van der Waals surface area (Å²) < 4.78 is 37.0. The second kappa shape index (κ2) is 5.59. The SMILES string of the molecule is NC(=O)c1c(NC(=O)C(F)(F)F)sc2c1C(C(=O)O)CCC2. The Bertz CT molecular complexity index is 654. The first kappa shape index (κ1) is 16.3. The molecule has 1 atom stereocenters. The maximum Gasteiger partial charge on any atom is 0.471 e. The molecule has 4 N–H and O–H groups in total. The van der Waals surface area contributed by atoms with Gasteiger partial charge >= 0.3 is 18.1 Å². The number of rotatable bonds is 3. The molecule has 1 unspecified atom stereocenters. The zero-order valence-corrected chi connectivity index (χ0v) is 11.8. The van der Waals surface area contributed by atoms with Crippen molar-refractivity contribution >= 4 is 34.1 Å². The largest absolute Gasteiger partial charge is 0.481 e. The smallest absolute Gasteiger partial charge is 0.471 e. The first-order valence-electron chi connectivity index (χ1n) is 6.19. The fraction of sp³-hybridized carbons (Fsp3) is 0.417. The topological polar surface area (TPSA) is 109 Å². The average Bonchev–Trinajstić information content (AvgIpc) is 2.74. The molecule has 0 spiro atoms. The number of nitrogens with two attached hydrogens (primary N) is 1. The lowest BCUT2D eigenvalue weighted by molar-refractivity contribution is -0.167. The van der Waals surface area contributed by atoms with Crippen molar-refractivity contribution in [2.24, 2.45) is 5.73 Å². The number of carboxylic acids is 1. The second-order valence-corrected chi connectivity index (χ2v) is 5.85. The summed E-state index contributed by atoms with van der Waals surface area (Å²) in [6.45, 7) is 0. The normalized spacial score (nSPS) is 17.7. The number of carboxylic acid groups (broad SMARTS) is 1. The highest BCUT2D eigenvalue weighted by Gasteiger charge is 2.41. The first-order valence-corrected chi connectivity index (χ1v) is 7.01. The average molecular weight is 336 g/mol. The van der Waals surface area contributed by atoms with Crippen LogP contribution in [0.5, 0.6) is 0 Å². The van der Waals surface area contributed by atoms with Crippen LogP contribution in [0.4, 0.5) is 18.2 Å². The van der Waals surface area contributed by atoms with Crippen LogP contribution in [0.1, 0.15) is 39.6 Å². The summed E-state index contributed by atoms with van der Waals surface area (Å²) in [5.74, 6) is -5.50. The number of halogens is 3. The van der Waals surface area contributed by atoms with Crippen LogP contribution in [0.2, 0.25) is 0 Å². The lowest BCUT2D eigenvalue weighted by Crippen LogP contribution is -2.30. The van der Waals surface area contributed by atoms with Crippen LogP contribution >= 0.6 is 11.3 Å². The van der Waals surface area contributed by atoms with Crippen LogP contribution in [-0.2, 0) is 16.0 Å². The van der Waals surface area contributed by atoms with Crippen molar-refractivity contribution in [1.29, 1.82) is 0 Å². The molecule has 22 heavy (non-hydrogen) atoms. The summed E-state index contributed by atoms with van der Waals surface area (Å²) in [7, 11) is 0. The summed E-state index contributed by atoms with van der Waals surface area (Å²) in [4.78, 5) is 34.3. The zero-order valence-electron chi connectivity index (χ0n) is 11.0. The Balaban J connectivity index is 2.51. The van der Waals surface area contributed by atoms with Gasteiger partial charge in [-0.25, -0.2) is 0 Å². The highest BCUT2D eigenvalue weighted by atomic mass is 32.1. The van der Waals surface area contributed by atoms with E-state index in [4.69, 9.17) is 5.73 Å². The van der Waals surface area contributed by atoms with E-state index in [1.165, 1.54) is 0 Å². The molecule has 0 aliphatic heterocycles. The minimum Gasteiger partial charge on any atom is -0.481 e. The molecule has 0 radical (unpaired) electrons. The molecular weight excluding hydrogens is 325 g/mol. The van der Waals surface area contributed by atoms with Crippen molar-refractivity contribution < 1.29 is 32.7 Å². The van der Waals surface area contributed by atoms with Crippen LogP contribution in [0.3, 0.4) is 0 Å². The summed E-state index contributed by atoms with van der Waals surface area (Å²) in [5.41, 5.74) is 4.95. The molecule has 0 bridgehead atoms. The standard InChI is InChI=1S/C12H11F3N2O4S/c13-12(14,15)11(21)17-9-7(8(16)18)6-4(10(19)20)2-1-3-5(6)22-9/h4H,1-3H2,(H2,16,18)(H,17,21)(H,19,20). The van der Waals surface area contributed by atoms with Gasteiger partial charge in [0.25, 0.3) is 5.91 Å². The molecule has 1 aromatic heterocycles. The molecule has 1 aliphatic carbocycles. The molecule has 10 heteroatoms. The summed E-state index contributed by atoms with van der Waals surface area (Å²) in [6.07, 6.45) is -3.92. The summed E-state index contributed by atoms with van der Waals surface area (Å²) in [5, 5.41) is 10.5. The number of aryl methyl sites for hydroxylation is 1. The molecule has 120 valence electrons. The van der Waals surface area contributed by atoms with Gasteiger partial charge < -0.3 is 16.2 Å². The Labute approximate surface area is 126 Å².